The number of rotatable bonds is 1. The van der Waals surface area contributed by atoms with Gasteiger partial charge in [0.1, 0.15) is 5.75 Å². The molecule has 0 aromatic heterocycles. The fraction of sp³-hybridized carbons (Fsp3) is 0.125. The predicted octanol–water partition coefficient (Wildman–Crippen LogP) is 4.31. The summed E-state index contributed by atoms with van der Waals surface area (Å²) in [4.78, 5) is 0. The molecule has 0 aliphatic carbocycles. The van der Waals surface area contributed by atoms with E-state index in [1.165, 1.54) is 27.1 Å². The van der Waals surface area contributed by atoms with Gasteiger partial charge in [-0.05, 0) is 46.2 Å². The second kappa shape index (κ2) is 3.77. The summed E-state index contributed by atoms with van der Waals surface area (Å²) in [6.45, 7) is 2.15. The lowest BCUT2D eigenvalue weighted by Gasteiger charge is -2.07. The molecule has 17 heavy (non-hydrogen) atoms. The highest BCUT2D eigenvalue weighted by Crippen LogP contribution is 2.29. The van der Waals surface area contributed by atoms with Crippen LogP contribution in [0.3, 0.4) is 0 Å². The summed E-state index contributed by atoms with van der Waals surface area (Å²) in [6.07, 6.45) is 0. The topological polar surface area (TPSA) is 9.23 Å². The maximum absolute atomic E-state index is 5.26. The molecule has 0 N–H and O–H groups in total. The minimum atomic E-state index is 0.907. The molecule has 0 aliphatic heterocycles. The molecule has 0 fully saturated rings. The molecule has 0 heterocycles. The maximum Gasteiger partial charge on any atom is 0.119 e. The van der Waals surface area contributed by atoms with Crippen molar-refractivity contribution in [1.29, 1.82) is 0 Å². The van der Waals surface area contributed by atoms with Crippen molar-refractivity contribution >= 4 is 21.5 Å². The van der Waals surface area contributed by atoms with Crippen LogP contribution in [0.1, 0.15) is 5.56 Å². The zero-order chi connectivity index (χ0) is 11.8. The van der Waals surface area contributed by atoms with Crippen LogP contribution in [-0.2, 0) is 0 Å². The van der Waals surface area contributed by atoms with Crippen molar-refractivity contribution in [2.24, 2.45) is 0 Å². The predicted molar refractivity (Wildman–Crippen MR) is 72.7 cm³/mol. The van der Waals surface area contributed by atoms with Gasteiger partial charge in [0, 0.05) is 0 Å². The molecule has 0 spiro atoms. The normalized spacial score (nSPS) is 10.9. The van der Waals surface area contributed by atoms with Crippen molar-refractivity contribution in [3.63, 3.8) is 0 Å². The first-order valence-corrected chi connectivity index (χ1v) is 5.76. The van der Waals surface area contributed by atoms with Gasteiger partial charge in [-0.3, -0.25) is 0 Å². The van der Waals surface area contributed by atoms with Gasteiger partial charge in [-0.15, -0.1) is 0 Å². The Hall–Kier alpha value is -2.02. The number of ether oxygens (including phenoxy) is 1. The number of hydrogen-bond acceptors (Lipinski definition) is 1. The van der Waals surface area contributed by atoms with Crippen molar-refractivity contribution in [1.82, 2.24) is 0 Å². The third-order valence-corrected chi connectivity index (χ3v) is 3.30. The number of fused-ring (bicyclic) bond motifs is 3. The second-order valence-corrected chi connectivity index (χ2v) is 4.32. The molecule has 0 radical (unpaired) electrons. The summed E-state index contributed by atoms with van der Waals surface area (Å²) in [5.74, 6) is 0.907. The van der Waals surface area contributed by atoms with Crippen molar-refractivity contribution in [2.75, 3.05) is 7.11 Å². The Morgan fingerprint density at radius 2 is 1.65 bits per heavy atom. The maximum atomic E-state index is 5.26. The van der Waals surface area contributed by atoms with E-state index in [9.17, 15) is 0 Å². The van der Waals surface area contributed by atoms with E-state index < -0.39 is 0 Å². The van der Waals surface area contributed by atoms with Crippen LogP contribution in [-0.4, -0.2) is 7.11 Å². The Morgan fingerprint density at radius 1 is 0.824 bits per heavy atom. The smallest absolute Gasteiger partial charge is 0.119 e. The van der Waals surface area contributed by atoms with E-state index in [0.29, 0.717) is 0 Å². The van der Waals surface area contributed by atoms with Gasteiger partial charge in [-0.1, -0.05) is 36.4 Å². The van der Waals surface area contributed by atoms with Gasteiger partial charge in [-0.2, -0.15) is 0 Å². The van der Waals surface area contributed by atoms with Crippen LogP contribution in [0.2, 0.25) is 0 Å². The summed E-state index contributed by atoms with van der Waals surface area (Å²) in [5, 5.41) is 5.14. The summed E-state index contributed by atoms with van der Waals surface area (Å²) in [6, 6.07) is 17.0. The lowest BCUT2D eigenvalue weighted by atomic mass is 9.99. The van der Waals surface area contributed by atoms with Crippen molar-refractivity contribution in [2.45, 2.75) is 6.92 Å². The molecule has 0 saturated heterocycles. The minimum absolute atomic E-state index is 0.907. The molecule has 0 bridgehead atoms. The van der Waals surface area contributed by atoms with Gasteiger partial charge in [0.05, 0.1) is 7.11 Å². The monoisotopic (exact) mass is 222 g/mol. The Kier molecular flexibility index (Phi) is 2.25. The second-order valence-electron chi connectivity index (χ2n) is 4.32. The van der Waals surface area contributed by atoms with E-state index in [2.05, 4.69) is 49.4 Å². The quantitative estimate of drug-likeness (QED) is 0.557. The molecule has 3 rings (SSSR count). The SMILES string of the molecule is COc1ccc2c(ccc3c(C)cccc32)c1. The summed E-state index contributed by atoms with van der Waals surface area (Å²) in [5.41, 5.74) is 1.32. The molecule has 0 unspecified atom stereocenters. The van der Waals surface area contributed by atoms with Crippen molar-refractivity contribution in [3.8, 4) is 5.75 Å². The molecule has 0 atom stereocenters. The molecule has 1 nitrogen and oxygen atoms in total. The van der Waals surface area contributed by atoms with E-state index in [-0.39, 0.29) is 0 Å². The molecule has 0 amide bonds. The zero-order valence-electron chi connectivity index (χ0n) is 10.0. The number of aryl methyl sites for hydroxylation is 1. The summed E-state index contributed by atoms with van der Waals surface area (Å²) in [7, 11) is 1.70. The highest BCUT2D eigenvalue weighted by molar-refractivity contribution is 6.08. The van der Waals surface area contributed by atoms with Crippen LogP contribution in [0, 0.1) is 6.92 Å². The fourth-order valence-corrected chi connectivity index (χ4v) is 2.36. The van der Waals surface area contributed by atoms with Gasteiger partial charge >= 0.3 is 0 Å². The van der Waals surface area contributed by atoms with Crippen molar-refractivity contribution < 1.29 is 4.74 Å². The largest absolute Gasteiger partial charge is 0.497 e. The Morgan fingerprint density at radius 3 is 2.47 bits per heavy atom. The van der Waals surface area contributed by atoms with Crippen LogP contribution in [0.15, 0.2) is 48.5 Å². The molecule has 3 aromatic carbocycles. The van der Waals surface area contributed by atoms with Gasteiger partial charge in [0.25, 0.3) is 0 Å². The molecule has 0 saturated carbocycles. The lowest BCUT2D eigenvalue weighted by Crippen LogP contribution is -1.84. The van der Waals surface area contributed by atoms with E-state index in [4.69, 9.17) is 4.74 Å². The van der Waals surface area contributed by atoms with Crippen LogP contribution in [0.25, 0.3) is 21.5 Å². The van der Waals surface area contributed by atoms with Gasteiger partial charge < -0.3 is 4.74 Å². The zero-order valence-corrected chi connectivity index (χ0v) is 10.0. The third-order valence-electron chi connectivity index (χ3n) is 3.30. The van der Waals surface area contributed by atoms with E-state index >= 15 is 0 Å². The minimum Gasteiger partial charge on any atom is -0.497 e. The van der Waals surface area contributed by atoms with E-state index in [1.807, 2.05) is 6.07 Å². The number of methoxy groups -OCH3 is 1. The Bertz CT molecular complexity index is 698. The summed E-state index contributed by atoms with van der Waals surface area (Å²) >= 11 is 0. The molecule has 3 aromatic rings. The first-order valence-electron chi connectivity index (χ1n) is 5.76. The van der Waals surface area contributed by atoms with E-state index in [1.54, 1.807) is 7.11 Å². The average Bonchev–Trinajstić information content (AvgIpc) is 2.38. The highest BCUT2D eigenvalue weighted by atomic mass is 16.5. The fourth-order valence-electron chi connectivity index (χ4n) is 2.36. The number of hydrogen-bond donors (Lipinski definition) is 0. The highest BCUT2D eigenvalue weighted by Gasteiger charge is 2.03. The molecular weight excluding hydrogens is 208 g/mol. The molecular formula is C16H14O. The Balaban J connectivity index is 2.44. The van der Waals surface area contributed by atoms with Gasteiger partial charge in [0.2, 0.25) is 0 Å². The van der Waals surface area contributed by atoms with Crippen LogP contribution < -0.4 is 4.74 Å². The van der Waals surface area contributed by atoms with Crippen LogP contribution in [0.5, 0.6) is 5.75 Å². The Labute approximate surface area is 101 Å². The van der Waals surface area contributed by atoms with Crippen LogP contribution >= 0.6 is 0 Å². The van der Waals surface area contributed by atoms with Gasteiger partial charge in [-0.25, -0.2) is 0 Å². The van der Waals surface area contributed by atoms with E-state index in [0.717, 1.165) is 5.75 Å². The standard InChI is InChI=1S/C16H14O/c1-11-4-3-5-16-14(11)8-6-12-10-13(17-2)7-9-15(12)16/h3-10H,1-2H3. The molecule has 84 valence electrons. The average molecular weight is 222 g/mol. The first-order chi connectivity index (χ1) is 8.29. The first kappa shape index (κ1) is 10.2. The van der Waals surface area contributed by atoms with Crippen LogP contribution in [0.4, 0.5) is 0 Å². The lowest BCUT2D eigenvalue weighted by molar-refractivity contribution is 0.415. The number of benzene rings is 3. The van der Waals surface area contributed by atoms with Gasteiger partial charge in [0.15, 0.2) is 0 Å². The third kappa shape index (κ3) is 1.55. The molecule has 1 heteroatoms. The molecule has 0 aliphatic rings. The summed E-state index contributed by atoms with van der Waals surface area (Å²) < 4.78 is 5.26. The van der Waals surface area contributed by atoms with Crippen molar-refractivity contribution in [3.05, 3.63) is 54.1 Å².